The van der Waals surface area contributed by atoms with Crippen LogP contribution in [-0.4, -0.2) is 55.0 Å². The standard InChI is InChI=1S/C28H31N3O3.C2HF3O2/c29-12-5-15-30-13-3-4-14-31-19-20-8-10-23(11-9-20)34-27-18-26(32)24-16-21-6-1-2-7-22(21)17-25(24)28(27)33;3-2(4,5)1(6)7/h1-2,6-11,16-18,30-31H,3-5,12-15,19,29H2;(H,6,7). The zero-order chi connectivity index (χ0) is 29.8. The van der Waals surface area contributed by atoms with Gasteiger partial charge in [-0.05, 0) is 86.0 Å². The van der Waals surface area contributed by atoms with Gasteiger partial charge in [0.05, 0.1) is 0 Å². The number of nitrogens with one attached hydrogen (secondary N) is 2. The zero-order valence-electron chi connectivity index (χ0n) is 22.3. The number of aliphatic carboxylic acids is 1. The summed E-state index contributed by atoms with van der Waals surface area (Å²) in [6.45, 7) is 4.45. The number of ketones is 2. The van der Waals surface area contributed by atoms with Gasteiger partial charge in [-0.2, -0.15) is 13.2 Å². The minimum Gasteiger partial charge on any atom is -0.475 e. The molecule has 3 aromatic carbocycles. The summed E-state index contributed by atoms with van der Waals surface area (Å²) in [5.74, 6) is -2.66. The van der Waals surface area contributed by atoms with Crippen molar-refractivity contribution in [3.63, 3.8) is 0 Å². The van der Waals surface area contributed by atoms with Gasteiger partial charge in [-0.15, -0.1) is 0 Å². The molecule has 0 atom stereocenters. The molecule has 0 saturated carbocycles. The molecule has 41 heavy (non-hydrogen) atoms. The van der Waals surface area contributed by atoms with Crippen molar-refractivity contribution in [1.29, 1.82) is 0 Å². The first-order valence-electron chi connectivity index (χ1n) is 13.1. The first kappa shape index (κ1) is 31.5. The fraction of sp³-hybridized carbons (Fsp3) is 0.300. The maximum Gasteiger partial charge on any atom is 0.490 e. The number of carbonyl (C=O) groups excluding carboxylic acids is 2. The molecule has 0 unspecified atom stereocenters. The molecule has 218 valence electrons. The number of alkyl halides is 3. The Morgan fingerprint density at radius 2 is 1.41 bits per heavy atom. The number of halogens is 3. The SMILES string of the molecule is NCCCNCCCCNCc1ccc(OC2=CC(=O)c3cc4ccccc4cc3C2=O)cc1.O=C(O)C(F)(F)F. The van der Waals surface area contributed by atoms with Gasteiger partial charge in [0.15, 0.2) is 11.5 Å². The molecule has 0 fully saturated rings. The average Bonchev–Trinajstić information content (AvgIpc) is 2.95. The molecule has 4 rings (SSSR count). The highest BCUT2D eigenvalue weighted by molar-refractivity contribution is 6.25. The summed E-state index contributed by atoms with van der Waals surface area (Å²) in [5, 5.41) is 15.8. The van der Waals surface area contributed by atoms with E-state index in [0.717, 1.165) is 68.3 Å². The third-order valence-corrected chi connectivity index (χ3v) is 6.12. The van der Waals surface area contributed by atoms with Crippen LogP contribution in [0.4, 0.5) is 13.2 Å². The second-order valence-corrected chi connectivity index (χ2v) is 9.27. The second-order valence-electron chi connectivity index (χ2n) is 9.27. The van der Waals surface area contributed by atoms with Gasteiger partial charge in [0.2, 0.25) is 5.78 Å². The van der Waals surface area contributed by atoms with Gasteiger partial charge in [0.1, 0.15) is 5.75 Å². The Morgan fingerprint density at radius 1 is 0.854 bits per heavy atom. The van der Waals surface area contributed by atoms with Crippen LogP contribution in [0.15, 0.2) is 72.5 Å². The molecule has 0 radical (unpaired) electrons. The summed E-state index contributed by atoms with van der Waals surface area (Å²) < 4.78 is 37.6. The summed E-state index contributed by atoms with van der Waals surface area (Å²) in [7, 11) is 0. The predicted octanol–water partition coefficient (Wildman–Crippen LogP) is 4.62. The summed E-state index contributed by atoms with van der Waals surface area (Å²) in [4.78, 5) is 34.6. The van der Waals surface area contributed by atoms with Crippen molar-refractivity contribution < 1.29 is 37.4 Å². The number of fused-ring (bicyclic) bond motifs is 2. The highest BCUT2D eigenvalue weighted by atomic mass is 19.4. The Balaban J connectivity index is 0.000000587. The smallest absolute Gasteiger partial charge is 0.475 e. The fourth-order valence-corrected chi connectivity index (χ4v) is 3.99. The molecule has 0 spiro atoms. The Morgan fingerprint density at radius 3 is 2.00 bits per heavy atom. The van der Waals surface area contributed by atoms with Crippen LogP contribution in [-0.2, 0) is 11.3 Å². The first-order chi connectivity index (χ1) is 19.6. The number of hydrogen-bond donors (Lipinski definition) is 4. The first-order valence-corrected chi connectivity index (χ1v) is 13.1. The molecule has 0 heterocycles. The topological polar surface area (TPSA) is 131 Å². The molecule has 0 bridgehead atoms. The van der Waals surface area contributed by atoms with Gasteiger partial charge < -0.3 is 26.2 Å². The molecular formula is C30H32F3N3O5. The van der Waals surface area contributed by atoms with Crippen molar-refractivity contribution in [2.24, 2.45) is 5.73 Å². The van der Waals surface area contributed by atoms with Crippen molar-refractivity contribution in [3.8, 4) is 5.75 Å². The third-order valence-electron chi connectivity index (χ3n) is 6.12. The summed E-state index contributed by atoms with van der Waals surface area (Å²) >= 11 is 0. The number of rotatable bonds is 12. The van der Waals surface area contributed by atoms with E-state index in [1.807, 2.05) is 48.5 Å². The number of ether oxygens (including phenoxy) is 1. The molecule has 3 aromatic rings. The largest absolute Gasteiger partial charge is 0.490 e. The maximum atomic E-state index is 13.0. The van der Waals surface area contributed by atoms with E-state index < -0.39 is 12.1 Å². The van der Waals surface area contributed by atoms with Crippen LogP contribution in [0, 0.1) is 0 Å². The van der Waals surface area contributed by atoms with E-state index in [9.17, 15) is 22.8 Å². The van der Waals surface area contributed by atoms with Gasteiger partial charge in [-0.3, -0.25) is 9.59 Å². The van der Waals surface area contributed by atoms with E-state index in [2.05, 4.69) is 10.6 Å². The minimum absolute atomic E-state index is 0.0544. The molecule has 0 aliphatic heterocycles. The lowest BCUT2D eigenvalue weighted by Crippen LogP contribution is -2.21. The zero-order valence-corrected chi connectivity index (χ0v) is 22.3. The van der Waals surface area contributed by atoms with E-state index in [-0.39, 0.29) is 17.3 Å². The molecule has 0 amide bonds. The summed E-state index contributed by atoms with van der Waals surface area (Å²) in [6.07, 6.45) is -0.535. The Hall–Kier alpha value is -4.06. The van der Waals surface area contributed by atoms with E-state index in [1.165, 1.54) is 6.08 Å². The molecule has 1 aliphatic carbocycles. The Kier molecular flexibility index (Phi) is 11.6. The van der Waals surface area contributed by atoms with Crippen molar-refractivity contribution in [3.05, 3.63) is 89.2 Å². The van der Waals surface area contributed by atoms with Crippen LogP contribution in [0.5, 0.6) is 5.75 Å². The molecule has 8 nitrogen and oxygen atoms in total. The highest BCUT2D eigenvalue weighted by Crippen LogP contribution is 2.28. The highest BCUT2D eigenvalue weighted by Gasteiger charge is 2.38. The van der Waals surface area contributed by atoms with Crippen molar-refractivity contribution >= 4 is 28.3 Å². The molecule has 11 heteroatoms. The van der Waals surface area contributed by atoms with Crippen LogP contribution in [0.25, 0.3) is 10.8 Å². The second kappa shape index (κ2) is 15.1. The lowest BCUT2D eigenvalue weighted by atomic mass is 9.90. The van der Waals surface area contributed by atoms with E-state index in [4.69, 9.17) is 20.4 Å². The van der Waals surface area contributed by atoms with Crippen LogP contribution >= 0.6 is 0 Å². The van der Waals surface area contributed by atoms with Crippen molar-refractivity contribution in [2.45, 2.75) is 32.0 Å². The number of unbranched alkanes of at least 4 members (excludes halogenated alkanes) is 1. The summed E-state index contributed by atoms with van der Waals surface area (Å²) in [6, 6.07) is 18.8. The Bertz CT molecular complexity index is 1390. The monoisotopic (exact) mass is 571 g/mol. The van der Waals surface area contributed by atoms with E-state index in [1.54, 1.807) is 12.1 Å². The van der Waals surface area contributed by atoms with Gasteiger partial charge in [0, 0.05) is 23.7 Å². The lowest BCUT2D eigenvalue weighted by molar-refractivity contribution is -0.192. The maximum absolute atomic E-state index is 13.0. The quantitative estimate of drug-likeness (QED) is 0.232. The van der Waals surface area contributed by atoms with Crippen LogP contribution in [0.3, 0.4) is 0 Å². The predicted molar refractivity (Wildman–Crippen MR) is 149 cm³/mol. The number of carboxylic acids is 1. The Labute approximate surface area is 235 Å². The number of Topliss-reactive ketones (excluding diaryl/α,β-unsaturated/α-hetero) is 1. The number of hydrogen-bond acceptors (Lipinski definition) is 7. The number of benzene rings is 3. The number of carbonyl (C=O) groups is 3. The van der Waals surface area contributed by atoms with Crippen molar-refractivity contribution in [2.75, 3.05) is 26.2 Å². The van der Waals surface area contributed by atoms with Gasteiger partial charge in [0.25, 0.3) is 0 Å². The number of nitrogens with two attached hydrogens (primary N) is 1. The minimum atomic E-state index is -5.08. The molecule has 1 aliphatic rings. The van der Waals surface area contributed by atoms with Crippen LogP contribution in [0.2, 0.25) is 0 Å². The average molecular weight is 572 g/mol. The molecule has 5 N–H and O–H groups in total. The van der Waals surface area contributed by atoms with Gasteiger partial charge in [-0.1, -0.05) is 36.4 Å². The molecular weight excluding hydrogens is 539 g/mol. The fourth-order valence-electron chi connectivity index (χ4n) is 3.99. The van der Waals surface area contributed by atoms with Gasteiger partial charge in [-0.25, -0.2) is 4.79 Å². The number of carboxylic acid groups (broad SMARTS) is 1. The van der Waals surface area contributed by atoms with E-state index in [0.29, 0.717) is 16.9 Å². The normalized spacial score (nSPS) is 12.8. The van der Waals surface area contributed by atoms with E-state index >= 15 is 0 Å². The lowest BCUT2D eigenvalue weighted by Gasteiger charge is -2.17. The summed E-state index contributed by atoms with van der Waals surface area (Å²) in [5.41, 5.74) is 7.41. The number of allylic oxidation sites excluding steroid dienone is 2. The van der Waals surface area contributed by atoms with Crippen molar-refractivity contribution in [1.82, 2.24) is 10.6 Å². The van der Waals surface area contributed by atoms with Gasteiger partial charge >= 0.3 is 12.1 Å². The van der Waals surface area contributed by atoms with Crippen LogP contribution in [0.1, 0.15) is 45.5 Å². The third kappa shape index (κ3) is 9.52. The molecule has 0 aromatic heterocycles. The van der Waals surface area contributed by atoms with Crippen LogP contribution < -0.4 is 21.1 Å². The molecule has 0 saturated heterocycles.